The number of carbonyl (C=O) groups excluding carboxylic acids is 2. The van der Waals surface area contributed by atoms with Crippen LogP contribution >= 0.6 is 11.3 Å². The van der Waals surface area contributed by atoms with Crippen molar-refractivity contribution in [1.29, 1.82) is 0 Å². The second-order valence-electron chi connectivity index (χ2n) is 6.53. The molecule has 29 heavy (non-hydrogen) atoms. The summed E-state index contributed by atoms with van der Waals surface area (Å²) < 4.78 is 11.2. The summed E-state index contributed by atoms with van der Waals surface area (Å²) in [4.78, 5) is 26.7. The molecule has 0 unspecified atom stereocenters. The number of nitrogens with one attached hydrogen (secondary N) is 1. The van der Waals surface area contributed by atoms with Gasteiger partial charge < -0.3 is 19.7 Å². The molecule has 0 saturated heterocycles. The van der Waals surface area contributed by atoms with E-state index in [1.54, 1.807) is 53.9 Å². The minimum Gasteiger partial charge on any atom is -0.491 e. The number of carbonyl (C=O) groups is 2. The van der Waals surface area contributed by atoms with Crippen LogP contribution in [0.2, 0.25) is 0 Å². The van der Waals surface area contributed by atoms with Crippen molar-refractivity contribution in [2.24, 2.45) is 0 Å². The van der Waals surface area contributed by atoms with Crippen LogP contribution < -0.4 is 14.8 Å². The van der Waals surface area contributed by atoms with E-state index in [1.807, 2.05) is 30.4 Å². The predicted octanol–water partition coefficient (Wildman–Crippen LogP) is 4.16. The number of esters is 1. The predicted molar refractivity (Wildman–Crippen MR) is 114 cm³/mol. The Labute approximate surface area is 173 Å². The molecular weight excluding hydrogens is 388 g/mol. The lowest BCUT2D eigenvalue weighted by molar-refractivity contribution is 0.0729. The van der Waals surface area contributed by atoms with Crippen LogP contribution in [0.25, 0.3) is 0 Å². The molecule has 0 fully saturated rings. The van der Waals surface area contributed by atoms with Crippen LogP contribution in [0.1, 0.15) is 20.7 Å². The standard InChI is InChI=1S/C22H22N2O4S/c1-24(2)12-13-27-20-6-4-3-5-19(20)22(26)28-18-9-7-17(8-10-18)23-21(25)16-11-14-29-15-16/h3-11,14-15H,12-13H2,1-2H3,(H,23,25). The van der Waals surface area contributed by atoms with E-state index in [0.29, 0.717) is 34.9 Å². The molecule has 0 aliphatic carbocycles. The number of amides is 1. The van der Waals surface area contributed by atoms with Gasteiger partial charge in [0.05, 0.1) is 5.56 Å². The molecule has 2 aromatic carbocycles. The number of nitrogens with zero attached hydrogens (tertiary/aromatic N) is 1. The van der Waals surface area contributed by atoms with Gasteiger partial charge in [-0.25, -0.2) is 4.79 Å². The fourth-order valence-corrected chi connectivity index (χ4v) is 3.10. The van der Waals surface area contributed by atoms with Gasteiger partial charge in [-0.15, -0.1) is 0 Å². The van der Waals surface area contributed by atoms with Crippen LogP contribution in [-0.4, -0.2) is 44.0 Å². The third-order valence-electron chi connectivity index (χ3n) is 4.01. The maximum absolute atomic E-state index is 12.6. The van der Waals surface area contributed by atoms with Gasteiger partial charge in [-0.2, -0.15) is 11.3 Å². The molecule has 7 heteroatoms. The van der Waals surface area contributed by atoms with E-state index >= 15 is 0 Å². The maximum Gasteiger partial charge on any atom is 0.347 e. The Hall–Kier alpha value is -3.16. The summed E-state index contributed by atoms with van der Waals surface area (Å²) in [6.07, 6.45) is 0. The summed E-state index contributed by atoms with van der Waals surface area (Å²) in [5.74, 6) is 0.186. The first-order valence-corrected chi connectivity index (χ1v) is 9.99. The van der Waals surface area contributed by atoms with Crippen LogP contribution in [-0.2, 0) is 0 Å². The lowest BCUT2D eigenvalue weighted by Crippen LogP contribution is -2.20. The third-order valence-corrected chi connectivity index (χ3v) is 4.69. The highest BCUT2D eigenvalue weighted by Gasteiger charge is 2.15. The van der Waals surface area contributed by atoms with Gasteiger partial charge in [-0.3, -0.25) is 4.79 Å². The highest BCUT2D eigenvalue weighted by atomic mass is 32.1. The molecule has 1 heterocycles. The zero-order valence-corrected chi connectivity index (χ0v) is 17.1. The van der Waals surface area contributed by atoms with E-state index < -0.39 is 5.97 Å². The number of hydrogen-bond acceptors (Lipinski definition) is 6. The van der Waals surface area contributed by atoms with E-state index in [4.69, 9.17) is 9.47 Å². The monoisotopic (exact) mass is 410 g/mol. The Morgan fingerprint density at radius 2 is 1.79 bits per heavy atom. The summed E-state index contributed by atoms with van der Waals surface area (Å²) in [6, 6.07) is 15.4. The molecule has 1 aromatic heterocycles. The van der Waals surface area contributed by atoms with Crippen molar-refractivity contribution >= 4 is 28.9 Å². The van der Waals surface area contributed by atoms with Crippen LogP contribution in [0.3, 0.4) is 0 Å². The molecule has 1 N–H and O–H groups in total. The van der Waals surface area contributed by atoms with Crippen LogP contribution in [0.5, 0.6) is 11.5 Å². The molecule has 0 bridgehead atoms. The van der Waals surface area contributed by atoms with Crippen molar-refractivity contribution in [2.45, 2.75) is 0 Å². The molecular formula is C22H22N2O4S. The topological polar surface area (TPSA) is 67.9 Å². The van der Waals surface area contributed by atoms with Gasteiger partial charge in [-0.1, -0.05) is 12.1 Å². The van der Waals surface area contributed by atoms with Crippen molar-refractivity contribution in [1.82, 2.24) is 4.90 Å². The Balaban J connectivity index is 1.61. The molecule has 6 nitrogen and oxygen atoms in total. The second-order valence-corrected chi connectivity index (χ2v) is 7.31. The van der Waals surface area contributed by atoms with E-state index in [1.165, 1.54) is 11.3 Å². The second kappa shape index (κ2) is 9.86. The zero-order chi connectivity index (χ0) is 20.6. The lowest BCUT2D eigenvalue weighted by atomic mass is 10.2. The quantitative estimate of drug-likeness (QED) is 0.446. The fraction of sp³-hybridized carbons (Fsp3) is 0.182. The van der Waals surface area contributed by atoms with Crippen molar-refractivity contribution in [3.63, 3.8) is 0 Å². The normalized spacial score (nSPS) is 10.6. The first-order valence-electron chi connectivity index (χ1n) is 9.05. The number of anilines is 1. The minimum atomic E-state index is -0.500. The summed E-state index contributed by atoms with van der Waals surface area (Å²) in [7, 11) is 3.91. The Kier molecular flexibility index (Phi) is 6.99. The Morgan fingerprint density at radius 1 is 1.03 bits per heavy atom. The summed E-state index contributed by atoms with van der Waals surface area (Å²) in [5, 5.41) is 6.43. The van der Waals surface area contributed by atoms with E-state index in [9.17, 15) is 9.59 Å². The van der Waals surface area contributed by atoms with E-state index in [-0.39, 0.29) is 5.91 Å². The Bertz CT molecular complexity index is 953. The van der Waals surface area contributed by atoms with Gasteiger partial charge in [0.2, 0.25) is 0 Å². The SMILES string of the molecule is CN(C)CCOc1ccccc1C(=O)Oc1ccc(NC(=O)c2ccsc2)cc1. The van der Waals surface area contributed by atoms with Crippen molar-refractivity contribution < 1.29 is 19.1 Å². The van der Waals surface area contributed by atoms with Gasteiger partial charge >= 0.3 is 5.97 Å². The van der Waals surface area contributed by atoms with Gasteiger partial charge in [0.25, 0.3) is 5.91 Å². The summed E-state index contributed by atoms with van der Waals surface area (Å²) in [6.45, 7) is 1.21. The van der Waals surface area contributed by atoms with E-state index in [2.05, 4.69) is 5.32 Å². The first kappa shape index (κ1) is 20.6. The average Bonchev–Trinajstić information content (AvgIpc) is 3.24. The molecule has 3 rings (SSSR count). The molecule has 1 amide bonds. The number of ether oxygens (including phenoxy) is 2. The van der Waals surface area contributed by atoms with Gasteiger partial charge in [0, 0.05) is 17.6 Å². The number of benzene rings is 2. The van der Waals surface area contributed by atoms with E-state index in [0.717, 1.165) is 6.54 Å². The summed E-state index contributed by atoms with van der Waals surface area (Å²) >= 11 is 1.46. The number of likely N-dealkylation sites (N-methyl/N-ethyl adjacent to an activating group) is 1. The molecule has 3 aromatic rings. The van der Waals surface area contributed by atoms with Crippen LogP contribution in [0, 0.1) is 0 Å². The molecule has 0 saturated carbocycles. The number of rotatable bonds is 8. The van der Waals surface area contributed by atoms with Gasteiger partial charge in [0.1, 0.15) is 23.7 Å². The smallest absolute Gasteiger partial charge is 0.347 e. The highest BCUT2D eigenvalue weighted by molar-refractivity contribution is 7.08. The maximum atomic E-state index is 12.6. The number of thiophene rings is 1. The van der Waals surface area contributed by atoms with Crippen molar-refractivity contribution in [3.8, 4) is 11.5 Å². The number of hydrogen-bond donors (Lipinski definition) is 1. The van der Waals surface area contributed by atoms with Crippen molar-refractivity contribution in [3.05, 3.63) is 76.5 Å². The lowest BCUT2D eigenvalue weighted by Gasteiger charge is -2.13. The first-order chi connectivity index (χ1) is 14.0. The fourth-order valence-electron chi connectivity index (χ4n) is 2.46. The largest absolute Gasteiger partial charge is 0.491 e. The molecule has 0 atom stereocenters. The molecule has 0 spiro atoms. The van der Waals surface area contributed by atoms with Crippen LogP contribution in [0.4, 0.5) is 5.69 Å². The third kappa shape index (κ3) is 5.91. The number of para-hydroxylation sites is 1. The minimum absolute atomic E-state index is 0.181. The molecule has 0 radical (unpaired) electrons. The average molecular weight is 410 g/mol. The molecule has 0 aliphatic heterocycles. The molecule has 150 valence electrons. The van der Waals surface area contributed by atoms with Crippen LogP contribution in [0.15, 0.2) is 65.4 Å². The zero-order valence-electron chi connectivity index (χ0n) is 16.3. The highest BCUT2D eigenvalue weighted by Crippen LogP contribution is 2.22. The van der Waals surface area contributed by atoms with Crippen molar-refractivity contribution in [2.75, 3.05) is 32.6 Å². The van der Waals surface area contributed by atoms with Gasteiger partial charge in [0.15, 0.2) is 0 Å². The Morgan fingerprint density at radius 3 is 2.48 bits per heavy atom. The molecule has 0 aliphatic rings. The van der Waals surface area contributed by atoms with Gasteiger partial charge in [-0.05, 0) is 61.9 Å². The summed E-state index contributed by atoms with van der Waals surface area (Å²) in [5.41, 5.74) is 1.59.